The summed E-state index contributed by atoms with van der Waals surface area (Å²) in [5, 5.41) is 1.21. The number of hydrogen-bond acceptors (Lipinski definition) is 3. The largest absolute Gasteiger partial charge is 0.332 e. The Labute approximate surface area is 436 Å². The summed E-state index contributed by atoms with van der Waals surface area (Å²) in [6.45, 7) is 2.38. The molecule has 0 fully saturated rings. The average molecular weight is 979 g/mol. The first-order chi connectivity index (χ1) is 36.5. The van der Waals surface area contributed by atoms with E-state index in [9.17, 15) is 0 Å². The van der Waals surface area contributed by atoms with Crippen LogP contribution in [0.15, 0.2) is 254 Å². The smallest absolute Gasteiger partial charge is 0.155 e. The molecule has 0 N–H and O–H groups in total. The van der Waals surface area contributed by atoms with Crippen LogP contribution in [0.4, 0.5) is 37.2 Å². The third kappa shape index (κ3) is 8.00. The van der Waals surface area contributed by atoms with Crippen LogP contribution in [0.25, 0.3) is 60.2 Å². The quantitative estimate of drug-likeness (QED) is 0.126. The Kier molecular flexibility index (Phi) is 11.8. The molecule has 0 saturated carbocycles. The van der Waals surface area contributed by atoms with Gasteiger partial charge in [0.25, 0.3) is 0 Å². The second kappa shape index (κ2) is 19.2. The van der Waals surface area contributed by atoms with Crippen LogP contribution < -0.4 is 9.80 Å². The molecule has 2 nitrogen and oxygen atoms in total. The van der Waals surface area contributed by atoms with E-state index in [0.717, 1.165) is 68.0 Å². The third-order valence-corrected chi connectivity index (χ3v) is 16.7. The summed E-state index contributed by atoms with van der Waals surface area (Å²) < 4.78 is 36.6. The SMILES string of the molecule is CC1C2C3=CCCC=C3c3c(sc4cc(N(c5ccccc5)c5cc(-c6ccccc6)cc(-c6ccccc6)c5F)ccc34)C2C=CC1N(c1ccccc1)c1cc(-c2ccccc2)cc(-c2ccccc2)c1F. The van der Waals surface area contributed by atoms with E-state index in [-0.39, 0.29) is 35.4 Å². The minimum Gasteiger partial charge on any atom is -0.332 e. The summed E-state index contributed by atoms with van der Waals surface area (Å²) in [6.07, 6.45) is 11.7. The molecule has 10 aromatic rings. The maximum absolute atomic E-state index is 17.8. The summed E-state index contributed by atoms with van der Waals surface area (Å²) in [5.74, 6) is -0.185. The fourth-order valence-electron chi connectivity index (χ4n) is 12.0. The van der Waals surface area contributed by atoms with Gasteiger partial charge < -0.3 is 9.80 Å². The Morgan fingerprint density at radius 3 is 1.54 bits per heavy atom. The molecule has 3 aliphatic rings. The van der Waals surface area contributed by atoms with Crippen molar-refractivity contribution < 1.29 is 8.78 Å². The maximum Gasteiger partial charge on any atom is 0.155 e. The predicted octanol–water partition coefficient (Wildman–Crippen LogP) is 19.5. The lowest BCUT2D eigenvalue weighted by Crippen LogP contribution is -2.44. The Bertz CT molecular complexity index is 3770. The first-order valence-electron chi connectivity index (χ1n) is 25.7. The van der Waals surface area contributed by atoms with Crippen molar-refractivity contribution in [1.82, 2.24) is 0 Å². The number of hydrogen-bond donors (Lipinski definition) is 0. The molecule has 4 atom stereocenters. The number of thiophene rings is 1. The van der Waals surface area contributed by atoms with E-state index in [2.05, 4.69) is 126 Å². The molecule has 0 radical (unpaired) electrons. The number of para-hydroxylation sites is 2. The van der Waals surface area contributed by atoms with E-state index in [0.29, 0.717) is 22.5 Å². The van der Waals surface area contributed by atoms with Gasteiger partial charge in [0.05, 0.1) is 17.4 Å². The van der Waals surface area contributed by atoms with Crippen LogP contribution in [-0.4, -0.2) is 6.04 Å². The highest BCUT2D eigenvalue weighted by molar-refractivity contribution is 7.19. The molecule has 0 amide bonds. The first kappa shape index (κ1) is 45.5. The van der Waals surface area contributed by atoms with E-state index in [1.54, 1.807) is 0 Å². The molecule has 358 valence electrons. The van der Waals surface area contributed by atoms with E-state index < -0.39 is 0 Å². The number of allylic oxidation sites excluding steroid dienone is 5. The Morgan fingerprint density at radius 1 is 0.459 bits per heavy atom. The van der Waals surface area contributed by atoms with Gasteiger partial charge in [0, 0.05) is 60.6 Å². The third-order valence-electron chi connectivity index (χ3n) is 15.4. The van der Waals surface area contributed by atoms with Crippen LogP contribution in [0, 0.1) is 23.5 Å². The molecule has 0 spiro atoms. The van der Waals surface area contributed by atoms with Crippen molar-refractivity contribution in [2.24, 2.45) is 11.8 Å². The van der Waals surface area contributed by atoms with Crippen molar-refractivity contribution in [1.29, 1.82) is 0 Å². The van der Waals surface area contributed by atoms with Gasteiger partial charge in [-0.25, -0.2) is 8.78 Å². The molecule has 0 aliphatic heterocycles. The van der Waals surface area contributed by atoms with Crippen molar-refractivity contribution in [3.8, 4) is 44.5 Å². The van der Waals surface area contributed by atoms with Crippen LogP contribution in [-0.2, 0) is 0 Å². The van der Waals surface area contributed by atoms with Crippen LogP contribution in [0.1, 0.15) is 36.1 Å². The van der Waals surface area contributed by atoms with Gasteiger partial charge in [-0.15, -0.1) is 11.3 Å². The number of fused-ring (bicyclic) bond motifs is 8. The fraction of sp³-hybridized carbons (Fsp3) is 0.101. The summed E-state index contributed by atoms with van der Waals surface area (Å²) in [5.41, 5.74) is 14.5. The Hall–Kier alpha value is -8.38. The van der Waals surface area contributed by atoms with Crippen molar-refractivity contribution in [3.05, 3.63) is 276 Å². The highest BCUT2D eigenvalue weighted by atomic mass is 32.1. The zero-order chi connectivity index (χ0) is 49.7. The zero-order valence-corrected chi connectivity index (χ0v) is 41.8. The molecular weight excluding hydrogens is 927 g/mol. The lowest BCUT2D eigenvalue weighted by molar-refractivity contribution is 0.332. The molecule has 3 aliphatic carbocycles. The Morgan fingerprint density at radius 2 is 0.959 bits per heavy atom. The summed E-state index contributed by atoms with van der Waals surface area (Å²) >= 11 is 1.86. The normalized spacial score (nSPS) is 17.7. The lowest BCUT2D eigenvalue weighted by atomic mass is 9.62. The van der Waals surface area contributed by atoms with Gasteiger partial charge in [0.2, 0.25) is 0 Å². The number of rotatable bonds is 10. The minimum absolute atomic E-state index is 0.0825. The molecule has 4 unspecified atom stereocenters. The molecule has 0 saturated heterocycles. The average Bonchev–Trinajstić information content (AvgIpc) is 3.88. The van der Waals surface area contributed by atoms with E-state index >= 15 is 8.78 Å². The molecule has 9 aromatic carbocycles. The highest BCUT2D eigenvalue weighted by Crippen LogP contribution is 2.59. The molecule has 0 bridgehead atoms. The molecule has 5 heteroatoms. The van der Waals surface area contributed by atoms with Crippen molar-refractivity contribution >= 4 is 55.4 Å². The van der Waals surface area contributed by atoms with Gasteiger partial charge in [0.15, 0.2) is 11.6 Å². The van der Waals surface area contributed by atoms with Crippen LogP contribution in [0.3, 0.4) is 0 Å². The zero-order valence-electron chi connectivity index (χ0n) is 41.0. The predicted molar refractivity (Wildman–Crippen MR) is 307 cm³/mol. The summed E-state index contributed by atoms with van der Waals surface area (Å²) in [7, 11) is 0. The number of nitrogens with zero attached hydrogens (tertiary/aromatic N) is 2. The topological polar surface area (TPSA) is 6.48 Å². The standard InChI is InChI=1S/C69H52F2N2S/c1-45-61(73(53-32-18-7-19-33-53)63-43-51(47-24-10-3-11-25-47)41-60(68(63)71)49-28-14-5-15-29-49)39-38-58-65(45)55-34-20-21-35-56(55)66-57-37-36-54(44-64(57)74-69(58)66)72(52-30-16-6-17-31-52)62-42-50(46-22-8-2-9-23-46)40-59(67(62)70)48-26-12-4-13-27-48/h2-19,22-45,58,61,65H,20-21H2,1H3. The van der Waals surface area contributed by atoms with Crippen LogP contribution in [0.5, 0.6) is 0 Å². The molecule has 13 rings (SSSR count). The van der Waals surface area contributed by atoms with E-state index in [1.165, 1.54) is 27.0 Å². The van der Waals surface area contributed by atoms with E-state index in [1.807, 2.05) is 151 Å². The molecule has 1 aromatic heterocycles. The molecule has 74 heavy (non-hydrogen) atoms. The monoisotopic (exact) mass is 978 g/mol. The van der Waals surface area contributed by atoms with Gasteiger partial charge in [-0.05, 0) is 124 Å². The van der Waals surface area contributed by atoms with Crippen LogP contribution in [0.2, 0.25) is 0 Å². The van der Waals surface area contributed by atoms with Gasteiger partial charge in [-0.1, -0.05) is 195 Å². The minimum atomic E-state index is -0.279. The second-order valence-electron chi connectivity index (χ2n) is 19.7. The summed E-state index contributed by atoms with van der Waals surface area (Å²) in [4.78, 5) is 5.69. The fourth-order valence-corrected chi connectivity index (χ4v) is 13.4. The highest BCUT2D eigenvalue weighted by Gasteiger charge is 2.46. The molecule has 1 heterocycles. The van der Waals surface area contributed by atoms with Gasteiger partial charge in [0.1, 0.15) is 0 Å². The van der Waals surface area contributed by atoms with Gasteiger partial charge in [-0.3, -0.25) is 0 Å². The number of benzene rings is 9. The second-order valence-corrected chi connectivity index (χ2v) is 20.8. The summed E-state index contributed by atoms with van der Waals surface area (Å²) in [6, 6.07) is 75.4. The maximum atomic E-state index is 17.8. The number of anilines is 5. The van der Waals surface area contributed by atoms with Crippen molar-refractivity contribution in [2.75, 3.05) is 9.80 Å². The van der Waals surface area contributed by atoms with Crippen molar-refractivity contribution in [2.45, 2.75) is 31.7 Å². The molecular formula is C69H52F2N2S. The van der Waals surface area contributed by atoms with Crippen molar-refractivity contribution in [3.63, 3.8) is 0 Å². The van der Waals surface area contributed by atoms with Gasteiger partial charge in [-0.2, -0.15) is 0 Å². The number of halogens is 2. The van der Waals surface area contributed by atoms with Crippen LogP contribution >= 0.6 is 11.3 Å². The Balaban J connectivity index is 0.956. The first-order valence-corrected chi connectivity index (χ1v) is 26.5. The van der Waals surface area contributed by atoms with E-state index in [4.69, 9.17) is 0 Å². The lowest BCUT2D eigenvalue weighted by Gasteiger charge is -2.47. The van der Waals surface area contributed by atoms with Gasteiger partial charge >= 0.3 is 0 Å².